The van der Waals surface area contributed by atoms with Gasteiger partial charge in [-0.05, 0) is 38.1 Å². The molecule has 290 valence electrons. The van der Waals surface area contributed by atoms with Crippen LogP contribution in [0.1, 0.15) is 58.8 Å². The minimum absolute atomic E-state index is 0.232. The Labute approximate surface area is 319 Å². The van der Waals surface area contributed by atoms with Crippen LogP contribution in [0, 0.1) is 0 Å². The monoisotopic (exact) mass is 752 g/mol. The average Bonchev–Trinajstić information content (AvgIpc) is 4.00. The van der Waals surface area contributed by atoms with Gasteiger partial charge < -0.3 is 30.0 Å². The lowest BCUT2D eigenvalue weighted by atomic mass is 10.1. The SMILES string of the molecule is CC1=C(c2nc3ccc(C(=O)O)cn3c2NCCN2CCOCC2)CC=N1.COC(=O)c1ccc2nc(C3=C(C)N=CC3)c(NCCN3CCOCC3)n2c1. The number of aromatic carboxylic acids is 1. The van der Waals surface area contributed by atoms with Crippen LogP contribution in [0.25, 0.3) is 22.4 Å². The molecule has 0 amide bonds. The third-order valence-corrected chi connectivity index (χ3v) is 10.2. The zero-order chi connectivity index (χ0) is 38.3. The molecule has 2 saturated heterocycles. The molecule has 55 heavy (non-hydrogen) atoms. The van der Waals surface area contributed by atoms with Crippen LogP contribution in [-0.2, 0) is 14.2 Å². The Morgan fingerprint density at radius 2 is 1.18 bits per heavy atom. The summed E-state index contributed by atoms with van der Waals surface area (Å²) in [5.74, 6) is 0.386. The van der Waals surface area contributed by atoms with Gasteiger partial charge >= 0.3 is 11.9 Å². The van der Waals surface area contributed by atoms with Crippen LogP contribution in [-0.4, -0.2) is 144 Å². The van der Waals surface area contributed by atoms with Crippen LogP contribution in [0.5, 0.6) is 0 Å². The van der Waals surface area contributed by atoms with Crippen molar-refractivity contribution in [3.05, 3.63) is 70.6 Å². The number of nitrogens with one attached hydrogen (secondary N) is 2. The lowest BCUT2D eigenvalue weighted by molar-refractivity contribution is 0.0398. The van der Waals surface area contributed by atoms with E-state index < -0.39 is 5.97 Å². The number of carbonyl (C=O) groups is 2. The van der Waals surface area contributed by atoms with E-state index in [1.807, 2.05) is 41.1 Å². The van der Waals surface area contributed by atoms with E-state index in [1.165, 1.54) is 7.11 Å². The van der Waals surface area contributed by atoms with Crippen LogP contribution in [0.4, 0.5) is 11.6 Å². The van der Waals surface area contributed by atoms with Gasteiger partial charge in [-0.25, -0.2) is 19.6 Å². The number of imidazole rings is 2. The first-order valence-corrected chi connectivity index (χ1v) is 18.7. The van der Waals surface area contributed by atoms with Crippen molar-refractivity contribution >= 4 is 58.4 Å². The number of carboxylic acids is 1. The minimum atomic E-state index is -0.953. The number of pyridine rings is 2. The van der Waals surface area contributed by atoms with Crippen molar-refractivity contribution in [2.75, 3.05) is 96.5 Å². The molecule has 4 aromatic heterocycles. The second-order valence-corrected chi connectivity index (χ2v) is 13.6. The van der Waals surface area contributed by atoms with E-state index in [9.17, 15) is 14.7 Å². The molecular formula is C39H48N10O6. The quantitative estimate of drug-likeness (QED) is 0.178. The van der Waals surface area contributed by atoms with Gasteiger partial charge in [0.15, 0.2) is 0 Å². The van der Waals surface area contributed by atoms with Crippen molar-refractivity contribution < 1.29 is 28.9 Å². The smallest absolute Gasteiger partial charge is 0.339 e. The summed E-state index contributed by atoms with van der Waals surface area (Å²) in [7, 11) is 1.39. The summed E-state index contributed by atoms with van der Waals surface area (Å²) < 4.78 is 19.4. The largest absolute Gasteiger partial charge is 0.478 e. The Morgan fingerprint density at radius 1 is 0.727 bits per heavy atom. The summed E-state index contributed by atoms with van der Waals surface area (Å²) in [4.78, 5) is 46.4. The number of aromatic nitrogens is 4. The summed E-state index contributed by atoms with van der Waals surface area (Å²) in [5, 5.41) is 16.4. The molecule has 0 atom stereocenters. The van der Waals surface area contributed by atoms with E-state index in [0.717, 1.165) is 148 Å². The number of hydrogen-bond donors (Lipinski definition) is 3. The number of carbonyl (C=O) groups excluding carboxylic acids is 1. The molecule has 2 fully saturated rings. The van der Waals surface area contributed by atoms with E-state index in [0.29, 0.717) is 5.56 Å². The number of anilines is 2. The standard InChI is InChI=1S/C20H25N5O3.C19H23N5O3/c1-14-16(5-6-21-14)18-19(22-7-8-24-9-11-28-12-10-24)25-13-15(20(26)27-2)3-4-17(25)23-18;1-13-15(4-5-20-13)17-18(21-6-7-23-8-10-27-11-9-23)24-12-14(19(25)26)2-3-16(24)22-17/h3-4,6,13,22H,5,7-12H2,1-2H3;2-3,5,12,21H,4,6-11H2,1H3,(H,25,26). The number of rotatable bonds is 12. The Bertz CT molecular complexity index is 2170. The van der Waals surface area contributed by atoms with Crippen molar-refractivity contribution in [3.63, 3.8) is 0 Å². The predicted octanol–water partition coefficient (Wildman–Crippen LogP) is 4.05. The molecule has 0 spiro atoms. The number of nitrogens with zero attached hydrogens (tertiary/aromatic N) is 8. The van der Waals surface area contributed by atoms with Gasteiger partial charge in [0, 0.05) is 113 Å². The fourth-order valence-electron chi connectivity index (χ4n) is 7.06. The molecule has 16 nitrogen and oxygen atoms in total. The first-order chi connectivity index (χ1) is 26.8. The second kappa shape index (κ2) is 17.4. The fourth-order valence-corrected chi connectivity index (χ4v) is 7.06. The molecular weight excluding hydrogens is 704 g/mol. The molecule has 4 aromatic rings. The van der Waals surface area contributed by atoms with Crippen molar-refractivity contribution in [1.29, 1.82) is 0 Å². The zero-order valence-electron chi connectivity index (χ0n) is 31.6. The molecule has 3 N–H and O–H groups in total. The molecule has 0 unspecified atom stereocenters. The van der Waals surface area contributed by atoms with E-state index in [1.54, 1.807) is 30.6 Å². The summed E-state index contributed by atoms with van der Waals surface area (Å²) in [5.41, 5.74) is 8.07. The van der Waals surface area contributed by atoms with Crippen LogP contribution in [0.3, 0.4) is 0 Å². The lowest BCUT2D eigenvalue weighted by Gasteiger charge is -2.26. The molecule has 0 saturated carbocycles. The molecule has 0 aliphatic carbocycles. The Kier molecular flexibility index (Phi) is 12.0. The van der Waals surface area contributed by atoms with Crippen LogP contribution in [0.15, 0.2) is 58.0 Å². The van der Waals surface area contributed by atoms with Crippen molar-refractivity contribution in [2.45, 2.75) is 26.7 Å². The normalized spacial score (nSPS) is 17.7. The maximum atomic E-state index is 12.0. The Morgan fingerprint density at radius 3 is 1.60 bits per heavy atom. The van der Waals surface area contributed by atoms with Gasteiger partial charge in [0.05, 0.1) is 44.7 Å². The number of methoxy groups -OCH3 is 1. The van der Waals surface area contributed by atoms with Crippen molar-refractivity contribution in [1.82, 2.24) is 28.6 Å². The highest BCUT2D eigenvalue weighted by molar-refractivity contribution is 5.92. The highest BCUT2D eigenvalue weighted by Gasteiger charge is 2.23. The number of carboxylic acid groups (broad SMARTS) is 1. The number of ether oxygens (including phenoxy) is 3. The second-order valence-electron chi connectivity index (χ2n) is 13.6. The van der Waals surface area contributed by atoms with E-state index in [-0.39, 0.29) is 11.5 Å². The Hall–Kier alpha value is -5.42. The fraction of sp³-hybridized carbons (Fsp3) is 0.436. The molecule has 0 bridgehead atoms. The Balaban J connectivity index is 0.000000169. The average molecular weight is 753 g/mol. The zero-order valence-corrected chi connectivity index (χ0v) is 31.6. The summed E-state index contributed by atoms with van der Waals surface area (Å²) in [6, 6.07) is 6.90. The third kappa shape index (κ3) is 8.62. The molecule has 8 rings (SSSR count). The third-order valence-electron chi connectivity index (χ3n) is 10.2. The molecule has 0 aromatic carbocycles. The van der Waals surface area contributed by atoms with Gasteiger partial charge in [-0.3, -0.25) is 28.6 Å². The topological polar surface area (TPSA) is 172 Å². The first-order valence-electron chi connectivity index (χ1n) is 18.7. The molecule has 4 aliphatic heterocycles. The highest BCUT2D eigenvalue weighted by atomic mass is 16.5. The van der Waals surface area contributed by atoms with E-state index in [2.05, 4.69) is 30.4 Å². The van der Waals surface area contributed by atoms with Gasteiger partial charge in [-0.2, -0.15) is 0 Å². The minimum Gasteiger partial charge on any atom is -0.478 e. The van der Waals surface area contributed by atoms with Gasteiger partial charge in [0.1, 0.15) is 34.3 Å². The number of morpholine rings is 2. The van der Waals surface area contributed by atoms with Crippen molar-refractivity contribution in [3.8, 4) is 0 Å². The van der Waals surface area contributed by atoms with Crippen molar-refractivity contribution in [2.24, 2.45) is 9.98 Å². The summed E-state index contributed by atoms with van der Waals surface area (Å²) in [6.45, 7) is 14.2. The highest BCUT2D eigenvalue weighted by Crippen LogP contribution is 2.34. The maximum absolute atomic E-state index is 12.0. The van der Waals surface area contributed by atoms with Gasteiger partial charge in [-0.1, -0.05) is 0 Å². The molecule has 16 heteroatoms. The summed E-state index contributed by atoms with van der Waals surface area (Å²) >= 11 is 0. The maximum Gasteiger partial charge on any atom is 0.339 e. The molecule has 4 aliphatic rings. The van der Waals surface area contributed by atoms with Gasteiger partial charge in [-0.15, -0.1) is 0 Å². The first kappa shape index (κ1) is 37.9. The number of fused-ring (bicyclic) bond motifs is 2. The van der Waals surface area contributed by atoms with E-state index in [4.69, 9.17) is 24.2 Å². The van der Waals surface area contributed by atoms with Crippen LogP contribution >= 0.6 is 0 Å². The number of hydrogen-bond acceptors (Lipinski definition) is 13. The molecule has 8 heterocycles. The van der Waals surface area contributed by atoms with Gasteiger partial charge in [0.2, 0.25) is 0 Å². The summed E-state index contributed by atoms with van der Waals surface area (Å²) in [6.07, 6.45) is 8.69. The number of esters is 1. The van der Waals surface area contributed by atoms with E-state index >= 15 is 0 Å². The molecule has 0 radical (unpaired) electrons. The predicted molar refractivity (Wildman–Crippen MR) is 212 cm³/mol. The number of allylic oxidation sites excluding steroid dienone is 4. The lowest BCUT2D eigenvalue weighted by Crippen LogP contribution is -2.39. The van der Waals surface area contributed by atoms with Gasteiger partial charge in [0.25, 0.3) is 0 Å². The van der Waals surface area contributed by atoms with Crippen LogP contribution < -0.4 is 10.6 Å². The van der Waals surface area contributed by atoms with Crippen LogP contribution in [0.2, 0.25) is 0 Å². The number of aliphatic imine (C=N–C) groups is 2.